The average molecular weight is 349 g/mol. The van der Waals surface area contributed by atoms with Crippen molar-refractivity contribution in [2.75, 3.05) is 0 Å². The first kappa shape index (κ1) is 21.4. The maximum absolute atomic E-state index is 6.44. The fraction of sp³-hybridized carbons (Fsp3) is 0.818. The van der Waals surface area contributed by atoms with E-state index >= 15 is 0 Å². The van der Waals surface area contributed by atoms with Gasteiger partial charge in [-0.05, 0) is 55.1 Å². The van der Waals surface area contributed by atoms with Gasteiger partial charge in [0.15, 0.2) is 0 Å². The molecule has 0 radical (unpaired) electrons. The van der Waals surface area contributed by atoms with E-state index in [1.54, 1.807) is 5.57 Å². The minimum absolute atomic E-state index is 0.470. The van der Waals surface area contributed by atoms with Crippen LogP contribution in [-0.2, 0) is 4.43 Å². The van der Waals surface area contributed by atoms with Crippen LogP contribution in [0, 0.1) is 17.9 Å². The second kappa shape index (κ2) is 10.3. The molecule has 0 aromatic heterocycles. The molecule has 0 heterocycles. The Balaban J connectivity index is 2.84. The SMILES string of the molecule is CCCC(C#CO[Si](C(C)C)(C(C)C)C(C)C)CC1=CCCCC1. The number of hydrogen-bond donors (Lipinski definition) is 0. The fourth-order valence-corrected chi connectivity index (χ4v) is 9.48. The number of hydrogen-bond acceptors (Lipinski definition) is 1. The largest absolute Gasteiger partial charge is 0.500 e. The molecular formula is C22H40OSi. The smallest absolute Gasteiger partial charge is 0.272 e. The predicted molar refractivity (Wildman–Crippen MR) is 109 cm³/mol. The first-order valence-corrected chi connectivity index (χ1v) is 12.3. The van der Waals surface area contributed by atoms with Gasteiger partial charge in [0.2, 0.25) is 0 Å². The highest BCUT2D eigenvalue weighted by molar-refractivity contribution is 6.77. The summed E-state index contributed by atoms with van der Waals surface area (Å²) in [5.41, 5.74) is 3.42. The molecule has 0 N–H and O–H groups in total. The molecule has 0 saturated carbocycles. The van der Waals surface area contributed by atoms with Crippen molar-refractivity contribution in [3.8, 4) is 12.0 Å². The topological polar surface area (TPSA) is 9.23 Å². The van der Waals surface area contributed by atoms with E-state index in [2.05, 4.69) is 66.6 Å². The minimum atomic E-state index is -1.86. The first-order chi connectivity index (χ1) is 11.3. The molecule has 0 aromatic rings. The van der Waals surface area contributed by atoms with E-state index in [0.717, 1.165) is 6.42 Å². The van der Waals surface area contributed by atoms with E-state index in [9.17, 15) is 0 Å². The third-order valence-electron chi connectivity index (χ3n) is 5.73. The van der Waals surface area contributed by atoms with Gasteiger partial charge in [0, 0.05) is 5.92 Å². The fourth-order valence-electron chi connectivity index (χ4n) is 4.53. The summed E-state index contributed by atoms with van der Waals surface area (Å²) in [7, 11) is -1.86. The molecule has 0 aromatic carbocycles. The lowest BCUT2D eigenvalue weighted by atomic mass is 9.89. The van der Waals surface area contributed by atoms with Crippen LogP contribution in [0.25, 0.3) is 0 Å². The zero-order valence-corrected chi connectivity index (χ0v) is 18.2. The van der Waals surface area contributed by atoms with Gasteiger partial charge in [-0.2, -0.15) is 0 Å². The molecule has 2 heteroatoms. The van der Waals surface area contributed by atoms with E-state index in [1.165, 1.54) is 38.5 Å². The maximum Gasteiger partial charge on any atom is 0.272 e. The van der Waals surface area contributed by atoms with Gasteiger partial charge in [-0.1, -0.05) is 72.5 Å². The molecule has 0 aliphatic heterocycles. The summed E-state index contributed by atoms with van der Waals surface area (Å²) >= 11 is 0. The Morgan fingerprint density at radius 1 is 1.04 bits per heavy atom. The Hall–Kier alpha value is -0.683. The van der Waals surface area contributed by atoms with Crippen LogP contribution in [0.4, 0.5) is 0 Å². The van der Waals surface area contributed by atoms with E-state index in [4.69, 9.17) is 4.43 Å². The van der Waals surface area contributed by atoms with Gasteiger partial charge in [0.25, 0.3) is 8.32 Å². The summed E-state index contributed by atoms with van der Waals surface area (Å²) in [5.74, 6) is 3.98. The molecule has 0 amide bonds. The van der Waals surface area contributed by atoms with Crippen molar-refractivity contribution in [3.05, 3.63) is 11.6 Å². The molecule has 0 spiro atoms. The molecule has 1 aliphatic rings. The summed E-state index contributed by atoms with van der Waals surface area (Å²) in [6, 6.07) is 0. The van der Waals surface area contributed by atoms with Gasteiger partial charge in [-0.25, -0.2) is 0 Å². The summed E-state index contributed by atoms with van der Waals surface area (Å²) in [6.07, 6.45) is 14.5. The second-order valence-corrected chi connectivity index (χ2v) is 13.8. The Bertz CT molecular complexity index is 429. The van der Waals surface area contributed by atoms with Crippen LogP contribution in [0.3, 0.4) is 0 Å². The normalized spacial score (nSPS) is 16.8. The van der Waals surface area contributed by atoms with Crippen molar-refractivity contribution >= 4 is 8.32 Å². The molecule has 1 atom stereocenters. The zero-order chi connectivity index (χ0) is 18.2. The van der Waals surface area contributed by atoms with Crippen molar-refractivity contribution in [3.63, 3.8) is 0 Å². The maximum atomic E-state index is 6.44. The van der Waals surface area contributed by atoms with E-state index in [0.29, 0.717) is 22.5 Å². The standard InChI is InChI=1S/C22H40OSi/c1-8-12-21(17-22-13-10-9-11-14-22)15-16-23-24(18(2)3,19(4)5)20(6)7/h13,18-21H,8-12,14,17H2,1-7H3. The molecule has 0 bridgehead atoms. The highest BCUT2D eigenvalue weighted by Crippen LogP contribution is 2.42. The Labute approximate surface area is 152 Å². The van der Waals surface area contributed by atoms with Crippen LogP contribution in [0.15, 0.2) is 11.6 Å². The van der Waals surface area contributed by atoms with Crippen molar-refractivity contribution in [1.29, 1.82) is 0 Å². The third-order valence-corrected chi connectivity index (χ3v) is 11.6. The Morgan fingerprint density at radius 2 is 1.67 bits per heavy atom. The molecule has 1 nitrogen and oxygen atoms in total. The van der Waals surface area contributed by atoms with Crippen molar-refractivity contribution in [2.45, 2.75) is 110 Å². The van der Waals surface area contributed by atoms with E-state index in [-0.39, 0.29) is 0 Å². The van der Waals surface area contributed by atoms with Gasteiger partial charge >= 0.3 is 0 Å². The van der Waals surface area contributed by atoms with Crippen LogP contribution in [0.1, 0.15) is 93.4 Å². The molecular weight excluding hydrogens is 308 g/mol. The first-order valence-electron chi connectivity index (χ1n) is 10.2. The van der Waals surface area contributed by atoms with Crippen LogP contribution >= 0.6 is 0 Å². The number of rotatable bonds is 8. The molecule has 1 aliphatic carbocycles. The van der Waals surface area contributed by atoms with Gasteiger partial charge < -0.3 is 4.43 Å². The highest BCUT2D eigenvalue weighted by atomic mass is 28.4. The summed E-state index contributed by atoms with van der Waals surface area (Å²) in [5, 5.41) is 0. The zero-order valence-electron chi connectivity index (χ0n) is 17.2. The lowest BCUT2D eigenvalue weighted by Crippen LogP contribution is -2.46. The van der Waals surface area contributed by atoms with Gasteiger partial charge in [0.1, 0.15) is 0 Å². The summed E-state index contributed by atoms with van der Waals surface area (Å²) in [4.78, 5) is 0. The van der Waals surface area contributed by atoms with Crippen LogP contribution in [-0.4, -0.2) is 8.32 Å². The molecule has 24 heavy (non-hydrogen) atoms. The third kappa shape index (κ3) is 5.69. The second-order valence-electron chi connectivity index (χ2n) is 8.46. The molecule has 1 rings (SSSR count). The van der Waals surface area contributed by atoms with Crippen molar-refractivity contribution in [1.82, 2.24) is 0 Å². The van der Waals surface area contributed by atoms with E-state index < -0.39 is 8.32 Å². The van der Waals surface area contributed by atoms with Crippen molar-refractivity contribution < 1.29 is 4.43 Å². The highest BCUT2D eigenvalue weighted by Gasteiger charge is 2.46. The van der Waals surface area contributed by atoms with Crippen LogP contribution < -0.4 is 0 Å². The Morgan fingerprint density at radius 3 is 2.12 bits per heavy atom. The van der Waals surface area contributed by atoms with Gasteiger partial charge in [-0.3, -0.25) is 0 Å². The quantitative estimate of drug-likeness (QED) is 0.251. The average Bonchev–Trinajstić information content (AvgIpc) is 2.51. The monoisotopic (exact) mass is 348 g/mol. The predicted octanol–water partition coefficient (Wildman–Crippen LogP) is 7.45. The van der Waals surface area contributed by atoms with Crippen molar-refractivity contribution in [2.24, 2.45) is 5.92 Å². The van der Waals surface area contributed by atoms with Gasteiger partial charge in [0.05, 0.1) is 6.11 Å². The molecule has 138 valence electrons. The molecule has 0 saturated heterocycles. The Kier molecular flexibility index (Phi) is 9.20. The minimum Gasteiger partial charge on any atom is -0.500 e. The molecule has 1 unspecified atom stereocenters. The van der Waals surface area contributed by atoms with Crippen LogP contribution in [0.2, 0.25) is 16.6 Å². The lowest BCUT2D eigenvalue weighted by molar-refractivity contribution is 0.443. The van der Waals surface area contributed by atoms with Gasteiger partial charge in [-0.15, -0.1) is 0 Å². The number of allylic oxidation sites excluding steroid dienone is 2. The molecule has 0 fully saturated rings. The van der Waals surface area contributed by atoms with Crippen LogP contribution in [0.5, 0.6) is 0 Å². The summed E-state index contributed by atoms with van der Waals surface area (Å²) < 4.78 is 6.44. The summed E-state index contributed by atoms with van der Waals surface area (Å²) in [6.45, 7) is 16.2. The lowest BCUT2D eigenvalue weighted by Gasteiger charge is -2.39. The van der Waals surface area contributed by atoms with E-state index in [1.807, 2.05) is 0 Å².